The van der Waals surface area contributed by atoms with Gasteiger partial charge in [-0.3, -0.25) is 4.98 Å². The molecule has 7 heteroatoms. The van der Waals surface area contributed by atoms with Crippen molar-refractivity contribution < 1.29 is 4.42 Å². The van der Waals surface area contributed by atoms with Crippen molar-refractivity contribution in [2.24, 2.45) is 5.73 Å². The third-order valence-corrected chi connectivity index (χ3v) is 3.30. The summed E-state index contributed by atoms with van der Waals surface area (Å²) in [6.45, 7) is 2.52. The molecule has 0 aliphatic heterocycles. The predicted molar refractivity (Wildman–Crippen MR) is 85.7 cm³/mol. The van der Waals surface area contributed by atoms with Crippen LogP contribution in [0.5, 0.6) is 0 Å². The number of nitrogens with one attached hydrogen (secondary N) is 1. The van der Waals surface area contributed by atoms with Gasteiger partial charge in [-0.2, -0.15) is 4.98 Å². The second kappa shape index (κ2) is 6.29. The molecule has 0 aromatic carbocycles. The van der Waals surface area contributed by atoms with Crippen LogP contribution in [0.2, 0.25) is 5.28 Å². The highest BCUT2D eigenvalue weighted by Gasteiger charge is 2.13. The lowest BCUT2D eigenvalue weighted by molar-refractivity contribution is 0.525. The molecule has 3 aromatic rings. The van der Waals surface area contributed by atoms with E-state index in [4.69, 9.17) is 21.8 Å². The molecule has 22 heavy (non-hydrogen) atoms. The fourth-order valence-electron chi connectivity index (χ4n) is 2.18. The second-order valence-electron chi connectivity index (χ2n) is 5.16. The first-order valence-corrected chi connectivity index (χ1v) is 7.34. The average molecular weight is 318 g/mol. The Morgan fingerprint density at radius 1 is 1.32 bits per heavy atom. The van der Waals surface area contributed by atoms with Gasteiger partial charge in [-0.25, -0.2) is 4.98 Å². The molecule has 1 unspecified atom stereocenters. The minimum absolute atomic E-state index is 0.0113. The van der Waals surface area contributed by atoms with E-state index in [0.717, 1.165) is 11.3 Å². The molecule has 114 valence electrons. The Morgan fingerprint density at radius 2 is 2.09 bits per heavy atom. The summed E-state index contributed by atoms with van der Waals surface area (Å²) in [7, 11) is 0. The van der Waals surface area contributed by atoms with Gasteiger partial charge in [0, 0.05) is 37.5 Å². The van der Waals surface area contributed by atoms with E-state index in [1.807, 2.05) is 25.1 Å². The molecule has 3 heterocycles. The SMILES string of the molecule is CC(N)Cc1cc2nc(Cl)nc(NCc3ccncc3)c2o1. The van der Waals surface area contributed by atoms with Crippen molar-refractivity contribution in [1.82, 2.24) is 15.0 Å². The van der Waals surface area contributed by atoms with Crippen LogP contribution >= 0.6 is 11.6 Å². The quantitative estimate of drug-likeness (QED) is 0.703. The standard InChI is InChI=1S/C15H16ClN5O/c1-9(17)6-11-7-12-13(22-11)14(21-15(16)20-12)19-8-10-2-4-18-5-3-10/h2-5,7,9H,6,8,17H2,1H3,(H,19,20,21). The van der Waals surface area contributed by atoms with E-state index in [1.54, 1.807) is 12.4 Å². The Bertz CT molecular complexity index is 772. The van der Waals surface area contributed by atoms with Crippen LogP contribution in [-0.2, 0) is 13.0 Å². The molecule has 0 fully saturated rings. The number of pyridine rings is 1. The van der Waals surface area contributed by atoms with Crippen LogP contribution in [0.3, 0.4) is 0 Å². The average Bonchev–Trinajstić information content (AvgIpc) is 2.87. The number of nitrogens with zero attached hydrogens (tertiary/aromatic N) is 3. The van der Waals surface area contributed by atoms with Gasteiger partial charge in [0.05, 0.1) is 0 Å². The van der Waals surface area contributed by atoms with Gasteiger partial charge in [0.1, 0.15) is 11.3 Å². The van der Waals surface area contributed by atoms with Gasteiger partial charge in [-0.1, -0.05) is 0 Å². The largest absolute Gasteiger partial charge is 0.455 e. The highest BCUT2D eigenvalue weighted by Crippen LogP contribution is 2.26. The Morgan fingerprint density at radius 3 is 2.82 bits per heavy atom. The summed E-state index contributed by atoms with van der Waals surface area (Å²) in [5, 5.41) is 3.40. The molecular formula is C15H16ClN5O. The third kappa shape index (κ3) is 3.35. The summed E-state index contributed by atoms with van der Waals surface area (Å²) >= 11 is 5.98. The van der Waals surface area contributed by atoms with E-state index in [0.29, 0.717) is 29.9 Å². The maximum absolute atomic E-state index is 5.98. The van der Waals surface area contributed by atoms with E-state index < -0.39 is 0 Å². The normalized spacial score (nSPS) is 12.5. The maximum Gasteiger partial charge on any atom is 0.225 e. The molecule has 3 N–H and O–H groups in total. The zero-order valence-electron chi connectivity index (χ0n) is 12.1. The summed E-state index contributed by atoms with van der Waals surface area (Å²) in [4.78, 5) is 12.4. The molecule has 0 amide bonds. The van der Waals surface area contributed by atoms with Gasteiger partial charge in [0.2, 0.25) is 5.28 Å². The van der Waals surface area contributed by atoms with Crippen molar-refractivity contribution in [3.8, 4) is 0 Å². The molecule has 0 spiro atoms. The summed E-state index contributed by atoms with van der Waals surface area (Å²) in [5.41, 5.74) is 8.15. The number of fused-ring (bicyclic) bond motifs is 1. The minimum atomic E-state index is 0.0113. The van der Waals surface area contributed by atoms with E-state index >= 15 is 0 Å². The van der Waals surface area contributed by atoms with Crippen LogP contribution in [0.4, 0.5) is 5.82 Å². The summed E-state index contributed by atoms with van der Waals surface area (Å²) in [6, 6.07) is 5.72. The van der Waals surface area contributed by atoms with Crippen LogP contribution in [0.1, 0.15) is 18.2 Å². The van der Waals surface area contributed by atoms with E-state index in [2.05, 4.69) is 20.3 Å². The van der Waals surface area contributed by atoms with E-state index in [1.165, 1.54) is 0 Å². The number of rotatable bonds is 5. The molecule has 0 bridgehead atoms. The van der Waals surface area contributed by atoms with Crippen LogP contribution in [-0.4, -0.2) is 21.0 Å². The number of furan rings is 1. The molecule has 0 aliphatic carbocycles. The van der Waals surface area contributed by atoms with E-state index in [-0.39, 0.29) is 11.3 Å². The number of hydrogen-bond acceptors (Lipinski definition) is 6. The van der Waals surface area contributed by atoms with Gasteiger partial charge in [-0.05, 0) is 36.2 Å². The Labute approximate surface area is 132 Å². The summed E-state index contributed by atoms with van der Waals surface area (Å²) in [5.74, 6) is 1.34. The molecule has 0 radical (unpaired) electrons. The number of halogens is 1. The first-order valence-electron chi connectivity index (χ1n) is 6.96. The third-order valence-electron chi connectivity index (χ3n) is 3.13. The molecule has 6 nitrogen and oxygen atoms in total. The highest BCUT2D eigenvalue weighted by atomic mass is 35.5. The van der Waals surface area contributed by atoms with Crippen molar-refractivity contribution in [2.45, 2.75) is 25.9 Å². The fraction of sp³-hybridized carbons (Fsp3) is 0.267. The summed E-state index contributed by atoms with van der Waals surface area (Å²) in [6.07, 6.45) is 4.12. The van der Waals surface area contributed by atoms with Crippen molar-refractivity contribution in [1.29, 1.82) is 0 Å². The lowest BCUT2D eigenvalue weighted by Gasteiger charge is -2.06. The first-order chi connectivity index (χ1) is 10.6. The topological polar surface area (TPSA) is 89.9 Å². The van der Waals surface area contributed by atoms with Crippen molar-refractivity contribution in [2.75, 3.05) is 5.32 Å². The van der Waals surface area contributed by atoms with Gasteiger partial charge in [-0.15, -0.1) is 0 Å². The van der Waals surface area contributed by atoms with Crippen molar-refractivity contribution in [3.63, 3.8) is 0 Å². The number of aromatic nitrogens is 3. The number of anilines is 1. The van der Waals surface area contributed by atoms with Gasteiger partial charge in [0.25, 0.3) is 0 Å². The van der Waals surface area contributed by atoms with Gasteiger partial charge >= 0.3 is 0 Å². The molecular weight excluding hydrogens is 302 g/mol. The summed E-state index contributed by atoms with van der Waals surface area (Å²) < 4.78 is 5.81. The Hall–Kier alpha value is -2.18. The van der Waals surface area contributed by atoms with Crippen molar-refractivity contribution >= 4 is 28.5 Å². The molecule has 1 atom stereocenters. The van der Waals surface area contributed by atoms with Gasteiger partial charge < -0.3 is 15.5 Å². The molecule has 0 saturated heterocycles. The molecule has 3 rings (SSSR count). The monoisotopic (exact) mass is 317 g/mol. The maximum atomic E-state index is 5.98. The minimum Gasteiger partial charge on any atom is -0.455 e. The number of nitrogens with two attached hydrogens (primary N) is 1. The zero-order chi connectivity index (χ0) is 15.5. The van der Waals surface area contributed by atoms with Crippen LogP contribution in [0, 0.1) is 0 Å². The van der Waals surface area contributed by atoms with Gasteiger partial charge in [0.15, 0.2) is 11.4 Å². The lowest BCUT2D eigenvalue weighted by Crippen LogP contribution is -2.17. The second-order valence-corrected chi connectivity index (χ2v) is 5.50. The molecule has 3 aromatic heterocycles. The van der Waals surface area contributed by atoms with Crippen molar-refractivity contribution in [3.05, 3.63) is 47.2 Å². The fourth-order valence-corrected chi connectivity index (χ4v) is 2.35. The zero-order valence-corrected chi connectivity index (χ0v) is 12.8. The smallest absolute Gasteiger partial charge is 0.225 e. The van der Waals surface area contributed by atoms with Crippen LogP contribution in [0.25, 0.3) is 11.1 Å². The van der Waals surface area contributed by atoms with Crippen LogP contribution in [0.15, 0.2) is 35.0 Å². The van der Waals surface area contributed by atoms with Crippen LogP contribution < -0.4 is 11.1 Å². The molecule has 0 saturated carbocycles. The Balaban J connectivity index is 1.89. The number of hydrogen-bond donors (Lipinski definition) is 2. The molecule has 0 aliphatic rings. The predicted octanol–water partition coefficient (Wildman–Crippen LogP) is 2.77. The highest BCUT2D eigenvalue weighted by molar-refractivity contribution is 6.28. The van der Waals surface area contributed by atoms with E-state index in [9.17, 15) is 0 Å². The lowest BCUT2D eigenvalue weighted by atomic mass is 10.2. The Kier molecular flexibility index (Phi) is 4.22. The first kappa shape index (κ1) is 14.7.